The topological polar surface area (TPSA) is 99.8 Å². The fourth-order valence-corrected chi connectivity index (χ4v) is 3.22. The molecule has 0 bridgehead atoms. The Kier molecular flexibility index (Phi) is 5.40. The van der Waals surface area contributed by atoms with Crippen molar-refractivity contribution in [3.8, 4) is 17.3 Å². The quantitative estimate of drug-likeness (QED) is 0.769. The van der Waals surface area contributed by atoms with Gasteiger partial charge in [0.2, 0.25) is 5.88 Å². The minimum absolute atomic E-state index is 0.0474. The summed E-state index contributed by atoms with van der Waals surface area (Å²) in [5.41, 5.74) is 0.273. The van der Waals surface area contributed by atoms with Gasteiger partial charge in [-0.15, -0.1) is 0 Å². The van der Waals surface area contributed by atoms with Crippen LogP contribution < -0.4 is 4.74 Å². The van der Waals surface area contributed by atoms with Crippen molar-refractivity contribution in [1.29, 1.82) is 0 Å². The lowest BCUT2D eigenvalue weighted by Crippen LogP contribution is -2.41. The lowest BCUT2D eigenvalue weighted by atomic mass is 9.96. The molecule has 0 N–H and O–H groups in total. The fourth-order valence-electron chi connectivity index (χ4n) is 3.22. The first kappa shape index (κ1) is 19.6. The molecule has 29 heavy (non-hydrogen) atoms. The molecule has 2 aromatic heterocycles. The molecular weight excluding hydrogens is 376 g/mol. The van der Waals surface area contributed by atoms with Gasteiger partial charge in [0.1, 0.15) is 11.7 Å². The predicted molar refractivity (Wildman–Crippen MR) is 103 cm³/mol. The van der Waals surface area contributed by atoms with Gasteiger partial charge in [-0.3, -0.25) is 0 Å². The Morgan fingerprint density at radius 3 is 2.66 bits per heavy atom. The third-order valence-corrected chi connectivity index (χ3v) is 4.83. The first-order chi connectivity index (χ1) is 13.9. The van der Waals surface area contributed by atoms with Crippen molar-refractivity contribution in [2.45, 2.75) is 51.2 Å². The van der Waals surface area contributed by atoms with Crippen molar-refractivity contribution >= 4 is 6.09 Å². The molecule has 4 rings (SSSR count). The molecule has 2 saturated heterocycles. The van der Waals surface area contributed by atoms with E-state index >= 15 is 0 Å². The van der Waals surface area contributed by atoms with Crippen LogP contribution in [0.15, 0.2) is 22.9 Å². The maximum absolute atomic E-state index is 12.2. The third-order valence-electron chi connectivity index (χ3n) is 4.83. The molecule has 156 valence electrons. The van der Waals surface area contributed by atoms with Crippen molar-refractivity contribution in [1.82, 2.24) is 20.0 Å². The number of aromatic nitrogens is 3. The molecular formula is C20H26N4O5. The van der Waals surface area contributed by atoms with Crippen LogP contribution in [0.25, 0.3) is 11.5 Å². The van der Waals surface area contributed by atoms with E-state index in [9.17, 15) is 4.79 Å². The van der Waals surface area contributed by atoms with E-state index in [-0.39, 0.29) is 18.1 Å². The monoisotopic (exact) mass is 402 g/mol. The van der Waals surface area contributed by atoms with E-state index in [4.69, 9.17) is 18.7 Å². The molecule has 0 aromatic carbocycles. The van der Waals surface area contributed by atoms with E-state index in [2.05, 4.69) is 15.1 Å². The molecule has 2 aromatic rings. The summed E-state index contributed by atoms with van der Waals surface area (Å²) in [6.07, 6.45) is 2.97. The summed E-state index contributed by atoms with van der Waals surface area (Å²) in [5.74, 6) is 1.76. The molecule has 0 saturated carbocycles. The van der Waals surface area contributed by atoms with Gasteiger partial charge in [-0.2, -0.15) is 4.98 Å². The second kappa shape index (κ2) is 7.98. The highest BCUT2D eigenvalue weighted by Crippen LogP contribution is 2.29. The second-order valence-corrected chi connectivity index (χ2v) is 8.36. The minimum Gasteiger partial charge on any atom is -0.469 e. The number of hydrogen-bond donors (Lipinski definition) is 0. The zero-order valence-electron chi connectivity index (χ0n) is 17.0. The first-order valence-corrected chi connectivity index (χ1v) is 9.90. The van der Waals surface area contributed by atoms with E-state index in [1.165, 1.54) is 0 Å². The largest absolute Gasteiger partial charge is 0.469 e. The van der Waals surface area contributed by atoms with Crippen LogP contribution in [0.5, 0.6) is 5.88 Å². The van der Waals surface area contributed by atoms with Crippen LogP contribution in [0.3, 0.4) is 0 Å². The summed E-state index contributed by atoms with van der Waals surface area (Å²) in [6, 6.07) is 3.60. The number of likely N-dealkylation sites (tertiary alicyclic amines) is 1. The van der Waals surface area contributed by atoms with Crippen LogP contribution in [0.2, 0.25) is 0 Å². The molecule has 0 aliphatic carbocycles. The summed E-state index contributed by atoms with van der Waals surface area (Å²) < 4.78 is 21.8. The van der Waals surface area contributed by atoms with Gasteiger partial charge in [-0.1, -0.05) is 5.16 Å². The highest BCUT2D eigenvalue weighted by Gasteiger charge is 2.30. The van der Waals surface area contributed by atoms with Crippen LogP contribution in [-0.4, -0.2) is 64.1 Å². The Balaban J connectivity index is 1.36. The van der Waals surface area contributed by atoms with Crippen molar-refractivity contribution in [2.24, 2.45) is 0 Å². The molecule has 0 radical (unpaired) electrons. The van der Waals surface area contributed by atoms with E-state index in [0.717, 1.165) is 18.4 Å². The third kappa shape index (κ3) is 4.84. The number of hydrogen-bond acceptors (Lipinski definition) is 8. The summed E-state index contributed by atoms with van der Waals surface area (Å²) >= 11 is 0. The Morgan fingerprint density at radius 1 is 1.24 bits per heavy atom. The molecule has 9 nitrogen and oxygen atoms in total. The van der Waals surface area contributed by atoms with E-state index in [1.54, 1.807) is 17.2 Å². The van der Waals surface area contributed by atoms with Crippen LogP contribution in [0, 0.1) is 0 Å². The van der Waals surface area contributed by atoms with Crippen molar-refractivity contribution < 1.29 is 23.5 Å². The Bertz CT molecular complexity index is 851. The second-order valence-electron chi connectivity index (χ2n) is 8.36. The average molecular weight is 402 g/mol. The van der Waals surface area contributed by atoms with Gasteiger partial charge in [0.25, 0.3) is 5.89 Å². The number of pyridine rings is 1. The molecule has 0 spiro atoms. The van der Waals surface area contributed by atoms with Crippen LogP contribution in [-0.2, 0) is 9.47 Å². The van der Waals surface area contributed by atoms with Gasteiger partial charge in [0.15, 0.2) is 5.82 Å². The zero-order valence-corrected chi connectivity index (χ0v) is 17.0. The predicted octanol–water partition coefficient (Wildman–Crippen LogP) is 3.02. The first-order valence-electron chi connectivity index (χ1n) is 9.90. The van der Waals surface area contributed by atoms with E-state index < -0.39 is 5.60 Å². The summed E-state index contributed by atoms with van der Waals surface area (Å²) in [7, 11) is 0. The van der Waals surface area contributed by atoms with Gasteiger partial charge in [-0.25, -0.2) is 9.78 Å². The van der Waals surface area contributed by atoms with Gasteiger partial charge in [0, 0.05) is 36.8 Å². The molecule has 0 atom stereocenters. The Morgan fingerprint density at radius 2 is 2.00 bits per heavy atom. The summed E-state index contributed by atoms with van der Waals surface area (Å²) in [4.78, 5) is 22.7. The van der Waals surface area contributed by atoms with Crippen molar-refractivity contribution in [3.05, 3.63) is 24.2 Å². The van der Waals surface area contributed by atoms with Gasteiger partial charge >= 0.3 is 6.09 Å². The van der Waals surface area contributed by atoms with Crippen LogP contribution in [0.4, 0.5) is 4.79 Å². The van der Waals surface area contributed by atoms with Crippen molar-refractivity contribution in [3.63, 3.8) is 0 Å². The summed E-state index contributed by atoms with van der Waals surface area (Å²) in [6.45, 7) is 7.99. The van der Waals surface area contributed by atoms with E-state index in [1.807, 2.05) is 26.8 Å². The normalized spacial score (nSPS) is 18.4. The maximum atomic E-state index is 12.2. The number of amides is 1. The standard InChI is InChI=1S/C20H26N4O5/c1-20(2,3)28-19(25)24-8-5-13(6-9-24)17-22-18(29-23-17)14-4-7-21-16(10-14)27-15-11-26-12-15/h4,7,10,13,15H,5-6,8-9,11-12H2,1-3H3. The smallest absolute Gasteiger partial charge is 0.410 e. The molecule has 2 aliphatic rings. The number of carbonyl (C=O) groups excluding carboxylic acids is 1. The molecule has 4 heterocycles. The average Bonchev–Trinajstić information content (AvgIpc) is 3.14. The zero-order chi connectivity index (χ0) is 20.4. The number of nitrogens with zero attached hydrogens (tertiary/aromatic N) is 4. The molecule has 2 aliphatic heterocycles. The van der Waals surface area contributed by atoms with Gasteiger partial charge in [-0.05, 0) is 39.7 Å². The molecule has 1 amide bonds. The minimum atomic E-state index is -0.491. The highest BCUT2D eigenvalue weighted by atomic mass is 16.6. The number of rotatable bonds is 4. The van der Waals surface area contributed by atoms with Gasteiger partial charge < -0.3 is 23.6 Å². The van der Waals surface area contributed by atoms with Crippen LogP contribution >= 0.6 is 0 Å². The molecule has 9 heteroatoms. The molecule has 0 unspecified atom stereocenters. The van der Waals surface area contributed by atoms with E-state index in [0.29, 0.717) is 43.9 Å². The Labute approximate surface area is 169 Å². The highest BCUT2D eigenvalue weighted by molar-refractivity contribution is 5.68. The number of carbonyl (C=O) groups is 1. The SMILES string of the molecule is CC(C)(C)OC(=O)N1CCC(c2noc(-c3ccnc(OC4COC4)c3)n2)CC1. The van der Waals surface area contributed by atoms with Crippen molar-refractivity contribution in [2.75, 3.05) is 26.3 Å². The fraction of sp³-hybridized carbons (Fsp3) is 0.600. The number of piperidine rings is 1. The van der Waals surface area contributed by atoms with Crippen LogP contribution in [0.1, 0.15) is 45.4 Å². The Hall–Kier alpha value is -2.68. The lowest BCUT2D eigenvalue weighted by molar-refractivity contribution is -0.0813. The maximum Gasteiger partial charge on any atom is 0.410 e. The molecule has 2 fully saturated rings. The van der Waals surface area contributed by atoms with Gasteiger partial charge in [0.05, 0.1) is 13.2 Å². The lowest BCUT2D eigenvalue weighted by Gasteiger charge is -2.32. The summed E-state index contributed by atoms with van der Waals surface area (Å²) in [5, 5.41) is 4.16. The number of ether oxygens (including phenoxy) is 3.